The number of hydrazone groups is 1. The second-order valence-electron chi connectivity index (χ2n) is 6.29. The van der Waals surface area contributed by atoms with Gasteiger partial charge >= 0.3 is 0 Å². The Hall–Kier alpha value is -3.23. The van der Waals surface area contributed by atoms with Crippen LogP contribution in [0.25, 0.3) is 11.3 Å². The van der Waals surface area contributed by atoms with Crippen molar-refractivity contribution < 1.29 is 4.63 Å². The van der Waals surface area contributed by atoms with Crippen LogP contribution in [-0.2, 0) is 0 Å². The average Bonchev–Trinajstić information content (AvgIpc) is 3.14. The summed E-state index contributed by atoms with van der Waals surface area (Å²) in [6.45, 7) is 4.09. The van der Waals surface area contributed by atoms with E-state index in [9.17, 15) is 0 Å². The maximum atomic E-state index is 6.17. The van der Waals surface area contributed by atoms with Crippen molar-refractivity contribution in [2.45, 2.75) is 13.8 Å². The van der Waals surface area contributed by atoms with Gasteiger partial charge in [0.2, 0.25) is 11.3 Å². The van der Waals surface area contributed by atoms with Crippen LogP contribution in [-0.4, -0.2) is 26.5 Å². The predicted octanol–water partition coefficient (Wildman–Crippen LogP) is 5.13. The minimum Gasteiger partial charge on any atom is -0.337 e. The van der Waals surface area contributed by atoms with E-state index in [-0.39, 0.29) is 11.3 Å². The third kappa shape index (κ3) is 4.28. The number of nitrogens with one attached hydrogen (secondary N) is 2. The van der Waals surface area contributed by atoms with Gasteiger partial charge in [-0.05, 0) is 59.6 Å². The molecule has 146 valence electrons. The van der Waals surface area contributed by atoms with Gasteiger partial charge in [0.15, 0.2) is 11.6 Å². The highest BCUT2D eigenvalue weighted by Crippen LogP contribution is 2.25. The summed E-state index contributed by atoms with van der Waals surface area (Å²) in [6, 6.07) is 11.1. The molecule has 2 aromatic carbocycles. The lowest BCUT2D eigenvalue weighted by Crippen LogP contribution is -2.03. The number of hydrogen-bond donors (Lipinski definition) is 2. The monoisotopic (exact) mass is 427 g/mol. The van der Waals surface area contributed by atoms with Crippen molar-refractivity contribution in [1.82, 2.24) is 20.3 Å². The third-order valence-electron chi connectivity index (χ3n) is 4.22. The first-order valence-corrected chi connectivity index (χ1v) is 9.34. The Morgan fingerprint density at radius 3 is 2.41 bits per heavy atom. The van der Waals surface area contributed by atoms with Crippen LogP contribution in [0, 0.1) is 13.8 Å². The highest BCUT2D eigenvalue weighted by atomic mass is 35.5. The Labute approximate surface area is 175 Å². The van der Waals surface area contributed by atoms with Gasteiger partial charge in [0.1, 0.15) is 0 Å². The minimum atomic E-state index is 0.262. The van der Waals surface area contributed by atoms with Crippen LogP contribution in [0.4, 0.5) is 17.3 Å². The minimum absolute atomic E-state index is 0.262. The fourth-order valence-electron chi connectivity index (χ4n) is 2.53. The molecular weight excluding hydrogens is 413 g/mol. The topological polar surface area (TPSA) is 101 Å². The normalized spacial score (nSPS) is 11.3. The molecule has 0 radical (unpaired) electrons. The van der Waals surface area contributed by atoms with Crippen molar-refractivity contribution >= 4 is 58.0 Å². The molecule has 0 aliphatic heterocycles. The zero-order valence-electron chi connectivity index (χ0n) is 15.4. The van der Waals surface area contributed by atoms with Crippen molar-refractivity contribution in [2.75, 3.05) is 10.7 Å². The summed E-state index contributed by atoms with van der Waals surface area (Å²) in [7, 11) is 0. The molecule has 2 heterocycles. The molecule has 2 aromatic heterocycles. The van der Waals surface area contributed by atoms with E-state index < -0.39 is 0 Å². The number of halogens is 2. The van der Waals surface area contributed by atoms with Gasteiger partial charge in [0.05, 0.1) is 11.2 Å². The Balaban J connectivity index is 1.64. The van der Waals surface area contributed by atoms with Crippen molar-refractivity contribution in [1.29, 1.82) is 0 Å². The molecule has 4 rings (SSSR count). The number of fused-ring (bicyclic) bond motifs is 1. The largest absolute Gasteiger partial charge is 0.337 e. The Morgan fingerprint density at radius 2 is 1.69 bits per heavy atom. The molecule has 2 N–H and O–H groups in total. The number of benzene rings is 2. The standard InChI is InChI=1S/C19H15Cl2N7O/c1-10-3-6-14(7-11(10)2)23-16-17(25-19-18(24-16)27-29-28-19)26-22-9-12-4-5-13(20)8-15(12)21/h3-9H,1-2H3,(H,23,24,27)(H,25,26,28)/b22-9-. The third-order valence-corrected chi connectivity index (χ3v) is 4.78. The quantitative estimate of drug-likeness (QED) is 0.336. The molecule has 29 heavy (non-hydrogen) atoms. The summed E-state index contributed by atoms with van der Waals surface area (Å²) in [5.41, 5.74) is 7.31. The number of nitrogens with zero attached hydrogens (tertiary/aromatic N) is 5. The van der Waals surface area contributed by atoms with Crippen LogP contribution >= 0.6 is 23.2 Å². The van der Waals surface area contributed by atoms with Gasteiger partial charge in [0.25, 0.3) is 0 Å². The van der Waals surface area contributed by atoms with Gasteiger partial charge < -0.3 is 5.32 Å². The molecule has 0 aliphatic rings. The zero-order chi connectivity index (χ0) is 20.4. The van der Waals surface area contributed by atoms with E-state index in [0.717, 1.165) is 11.3 Å². The first kappa shape index (κ1) is 19.1. The van der Waals surface area contributed by atoms with Gasteiger partial charge in [-0.2, -0.15) is 10.1 Å². The Kier molecular flexibility index (Phi) is 5.28. The zero-order valence-corrected chi connectivity index (χ0v) is 17.0. The molecule has 10 heteroatoms. The predicted molar refractivity (Wildman–Crippen MR) is 114 cm³/mol. The molecule has 4 aromatic rings. The van der Waals surface area contributed by atoms with E-state index >= 15 is 0 Å². The first-order valence-electron chi connectivity index (χ1n) is 8.58. The highest BCUT2D eigenvalue weighted by molar-refractivity contribution is 6.36. The van der Waals surface area contributed by atoms with E-state index in [1.807, 2.05) is 25.1 Å². The molecule has 0 bridgehead atoms. The van der Waals surface area contributed by atoms with Crippen molar-refractivity contribution in [3.8, 4) is 0 Å². The van der Waals surface area contributed by atoms with E-state index in [4.69, 9.17) is 27.8 Å². The fourth-order valence-corrected chi connectivity index (χ4v) is 2.99. The fraction of sp³-hybridized carbons (Fsp3) is 0.105. The van der Waals surface area contributed by atoms with Gasteiger partial charge in [-0.1, -0.05) is 35.3 Å². The second kappa shape index (κ2) is 8.02. The first-order chi connectivity index (χ1) is 14.0. The average molecular weight is 428 g/mol. The van der Waals surface area contributed by atoms with E-state index in [0.29, 0.717) is 27.2 Å². The van der Waals surface area contributed by atoms with Crippen molar-refractivity contribution in [2.24, 2.45) is 5.10 Å². The SMILES string of the molecule is Cc1ccc(Nc2nc3nonc3nc2N/N=C\c2ccc(Cl)cc2Cl)cc1C. The molecule has 0 saturated heterocycles. The molecule has 0 spiro atoms. The van der Waals surface area contributed by atoms with Crippen LogP contribution in [0.1, 0.15) is 16.7 Å². The van der Waals surface area contributed by atoms with Crippen LogP contribution in [0.5, 0.6) is 0 Å². The molecule has 0 saturated carbocycles. The van der Waals surface area contributed by atoms with Crippen LogP contribution in [0.2, 0.25) is 10.0 Å². The molecule has 0 aliphatic carbocycles. The van der Waals surface area contributed by atoms with E-state index in [2.05, 4.69) is 43.0 Å². The summed E-state index contributed by atoms with van der Waals surface area (Å²) in [6.07, 6.45) is 1.56. The van der Waals surface area contributed by atoms with Gasteiger partial charge in [0, 0.05) is 16.3 Å². The van der Waals surface area contributed by atoms with Gasteiger partial charge in [-0.15, -0.1) is 0 Å². The molecule has 0 unspecified atom stereocenters. The van der Waals surface area contributed by atoms with E-state index in [1.54, 1.807) is 24.4 Å². The smallest absolute Gasteiger partial charge is 0.245 e. The lowest BCUT2D eigenvalue weighted by Gasteiger charge is -2.10. The van der Waals surface area contributed by atoms with Gasteiger partial charge in [-0.3, -0.25) is 5.43 Å². The van der Waals surface area contributed by atoms with Gasteiger partial charge in [-0.25, -0.2) is 9.61 Å². The van der Waals surface area contributed by atoms with Crippen LogP contribution in [0.3, 0.4) is 0 Å². The molecule has 8 nitrogen and oxygen atoms in total. The lowest BCUT2D eigenvalue weighted by atomic mass is 10.1. The lowest BCUT2D eigenvalue weighted by molar-refractivity contribution is 0.314. The Morgan fingerprint density at radius 1 is 0.931 bits per heavy atom. The summed E-state index contributed by atoms with van der Waals surface area (Å²) in [5, 5.41) is 15.9. The van der Waals surface area contributed by atoms with Crippen LogP contribution < -0.4 is 10.7 Å². The van der Waals surface area contributed by atoms with Crippen LogP contribution in [0.15, 0.2) is 46.1 Å². The number of aromatic nitrogens is 4. The number of hydrogen-bond acceptors (Lipinski definition) is 8. The second-order valence-corrected chi connectivity index (χ2v) is 7.14. The molecular formula is C19H15Cl2N7O. The molecule has 0 amide bonds. The van der Waals surface area contributed by atoms with Crippen molar-refractivity contribution in [3.63, 3.8) is 0 Å². The number of rotatable bonds is 5. The molecule has 0 fully saturated rings. The Bertz CT molecular complexity index is 1220. The molecule has 0 atom stereocenters. The summed E-state index contributed by atoms with van der Waals surface area (Å²) < 4.78 is 4.71. The highest BCUT2D eigenvalue weighted by Gasteiger charge is 2.13. The van der Waals surface area contributed by atoms with Crippen molar-refractivity contribution in [3.05, 3.63) is 63.1 Å². The maximum absolute atomic E-state index is 6.17. The van der Waals surface area contributed by atoms with E-state index in [1.165, 1.54) is 5.56 Å². The summed E-state index contributed by atoms with van der Waals surface area (Å²) >= 11 is 12.1. The number of anilines is 3. The summed E-state index contributed by atoms with van der Waals surface area (Å²) in [5.74, 6) is 0.781. The summed E-state index contributed by atoms with van der Waals surface area (Å²) in [4.78, 5) is 8.78. The maximum Gasteiger partial charge on any atom is 0.245 e. The number of aryl methyl sites for hydroxylation is 2.